The van der Waals surface area contributed by atoms with Crippen molar-refractivity contribution in [2.75, 3.05) is 6.26 Å². The number of rotatable bonds is 2. The zero-order valence-electron chi connectivity index (χ0n) is 10.4. The highest BCUT2D eigenvalue weighted by Crippen LogP contribution is 2.23. The number of hydrogen-bond donors (Lipinski definition) is 1. The summed E-state index contributed by atoms with van der Waals surface area (Å²) in [6.07, 6.45) is 6.98. The third kappa shape index (κ3) is 2.56. The molecule has 0 aliphatic heterocycles. The van der Waals surface area contributed by atoms with Crippen molar-refractivity contribution in [1.82, 2.24) is 9.97 Å². The highest BCUT2D eigenvalue weighted by Gasteiger charge is 2.14. The SMILES string of the molecule is C#Cc1cc(F)cc(-c2nc(SC)[nH]c(=O)c2C#N)c1. The van der Waals surface area contributed by atoms with Gasteiger partial charge in [-0.3, -0.25) is 4.79 Å². The number of terminal acetylenes is 1. The summed E-state index contributed by atoms with van der Waals surface area (Å²) in [7, 11) is 0. The molecule has 1 aromatic carbocycles. The first-order chi connectivity index (χ1) is 9.58. The molecule has 1 N–H and O–H groups in total. The Labute approximate surface area is 118 Å². The van der Waals surface area contributed by atoms with Crippen LogP contribution in [0, 0.1) is 29.5 Å². The predicted molar refractivity (Wildman–Crippen MR) is 74.7 cm³/mol. The van der Waals surface area contributed by atoms with E-state index in [1.54, 1.807) is 12.3 Å². The van der Waals surface area contributed by atoms with Gasteiger partial charge in [0.15, 0.2) is 5.16 Å². The summed E-state index contributed by atoms with van der Waals surface area (Å²) in [6, 6.07) is 5.67. The maximum atomic E-state index is 13.5. The third-order valence-electron chi connectivity index (χ3n) is 2.54. The molecular weight excluding hydrogens is 277 g/mol. The van der Waals surface area contributed by atoms with Crippen LogP contribution >= 0.6 is 11.8 Å². The monoisotopic (exact) mass is 285 g/mol. The molecule has 2 rings (SSSR count). The van der Waals surface area contributed by atoms with E-state index in [9.17, 15) is 9.18 Å². The molecule has 4 nitrogen and oxygen atoms in total. The number of halogens is 1. The van der Waals surface area contributed by atoms with Crippen molar-refractivity contribution in [3.63, 3.8) is 0 Å². The number of aromatic nitrogens is 2. The van der Waals surface area contributed by atoms with E-state index in [1.165, 1.54) is 30.0 Å². The van der Waals surface area contributed by atoms with Crippen molar-refractivity contribution in [2.24, 2.45) is 0 Å². The molecule has 0 atom stereocenters. The first kappa shape index (κ1) is 13.9. The van der Waals surface area contributed by atoms with E-state index in [0.29, 0.717) is 16.3 Å². The molecule has 0 spiro atoms. The molecule has 0 aliphatic carbocycles. The Morgan fingerprint density at radius 3 is 2.80 bits per heavy atom. The average molecular weight is 285 g/mol. The van der Waals surface area contributed by atoms with E-state index >= 15 is 0 Å². The molecule has 2 aromatic rings. The van der Waals surface area contributed by atoms with Crippen LogP contribution in [0.25, 0.3) is 11.3 Å². The van der Waals surface area contributed by atoms with Crippen molar-refractivity contribution in [3.8, 4) is 29.7 Å². The normalized spacial score (nSPS) is 9.80. The lowest BCUT2D eigenvalue weighted by molar-refractivity contribution is 0.628. The minimum Gasteiger partial charge on any atom is -0.300 e. The minimum atomic E-state index is -0.562. The molecule has 6 heteroatoms. The van der Waals surface area contributed by atoms with Gasteiger partial charge in [-0.15, -0.1) is 6.42 Å². The molecular formula is C14H8FN3OS. The van der Waals surface area contributed by atoms with Crippen molar-refractivity contribution >= 4 is 11.8 Å². The van der Waals surface area contributed by atoms with Gasteiger partial charge in [0.25, 0.3) is 5.56 Å². The standard InChI is InChI=1S/C14H8FN3OS/c1-3-8-4-9(6-10(15)5-8)12-11(7-16)13(19)18-14(17-12)20-2/h1,4-6H,2H3,(H,17,18,19). The van der Waals surface area contributed by atoms with Crippen LogP contribution in [-0.2, 0) is 0 Å². The van der Waals surface area contributed by atoms with Crippen LogP contribution in [0.4, 0.5) is 4.39 Å². The first-order valence-electron chi connectivity index (χ1n) is 5.45. The summed E-state index contributed by atoms with van der Waals surface area (Å²) < 4.78 is 13.5. The molecule has 98 valence electrons. The second-order valence-electron chi connectivity index (χ2n) is 3.78. The van der Waals surface area contributed by atoms with Gasteiger partial charge in [-0.25, -0.2) is 9.37 Å². The lowest BCUT2D eigenvalue weighted by atomic mass is 10.0. The molecule has 0 unspecified atom stereocenters. The van der Waals surface area contributed by atoms with Crippen molar-refractivity contribution < 1.29 is 4.39 Å². The average Bonchev–Trinajstić information content (AvgIpc) is 2.45. The van der Waals surface area contributed by atoms with Crippen LogP contribution in [0.3, 0.4) is 0 Å². The maximum absolute atomic E-state index is 13.5. The van der Waals surface area contributed by atoms with E-state index in [-0.39, 0.29) is 11.3 Å². The molecule has 0 radical (unpaired) electrons. The molecule has 0 saturated heterocycles. The fourth-order valence-corrected chi connectivity index (χ4v) is 2.05. The number of H-pyrrole nitrogens is 1. The number of thioether (sulfide) groups is 1. The van der Waals surface area contributed by atoms with Gasteiger partial charge < -0.3 is 4.98 Å². The Bertz CT molecular complexity index is 815. The Balaban J connectivity index is 2.79. The molecule has 0 aliphatic rings. The third-order valence-corrected chi connectivity index (χ3v) is 3.12. The smallest absolute Gasteiger partial charge is 0.270 e. The summed E-state index contributed by atoms with van der Waals surface area (Å²) in [4.78, 5) is 18.4. The number of aromatic amines is 1. The Hall–Kier alpha value is -2.57. The second-order valence-corrected chi connectivity index (χ2v) is 4.58. The number of benzene rings is 1. The molecule has 1 heterocycles. The van der Waals surface area contributed by atoms with Crippen molar-refractivity contribution in [2.45, 2.75) is 5.16 Å². The Kier molecular flexibility index (Phi) is 3.88. The molecule has 0 fully saturated rings. The van der Waals surface area contributed by atoms with Crippen molar-refractivity contribution in [3.05, 3.63) is 45.5 Å². The van der Waals surface area contributed by atoms with Gasteiger partial charge in [-0.2, -0.15) is 5.26 Å². The van der Waals surface area contributed by atoms with Crippen LogP contribution < -0.4 is 5.56 Å². The van der Waals surface area contributed by atoms with Crippen LogP contribution in [0.5, 0.6) is 0 Å². The lowest BCUT2D eigenvalue weighted by Gasteiger charge is -2.06. The Morgan fingerprint density at radius 2 is 2.20 bits per heavy atom. The largest absolute Gasteiger partial charge is 0.300 e. The molecule has 0 bridgehead atoms. The topological polar surface area (TPSA) is 69.5 Å². The van der Waals surface area contributed by atoms with Gasteiger partial charge >= 0.3 is 0 Å². The van der Waals surface area contributed by atoms with E-state index in [0.717, 1.165) is 0 Å². The van der Waals surface area contributed by atoms with E-state index < -0.39 is 11.4 Å². The van der Waals surface area contributed by atoms with Crippen LogP contribution in [-0.4, -0.2) is 16.2 Å². The van der Waals surface area contributed by atoms with E-state index in [2.05, 4.69) is 15.9 Å². The van der Waals surface area contributed by atoms with Gasteiger partial charge in [0.05, 0.1) is 5.69 Å². The maximum Gasteiger partial charge on any atom is 0.270 e. The number of hydrogen-bond acceptors (Lipinski definition) is 4. The summed E-state index contributed by atoms with van der Waals surface area (Å²) in [5.74, 6) is 1.77. The fourth-order valence-electron chi connectivity index (χ4n) is 1.67. The van der Waals surface area contributed by atoms with E-state index in [1.807, 2.05) is 0 Å². The van der Waals surface area contributed by atoms with Crippen molar-refractivity contribution in [1.29, 1.82) is 5.26 Å². The number of nitrogens with one attached hydrogen (secondary N) is 1. The highest BCUT2D eigenvalue weighted by molar-refractivity contribution is 7.98. The van der Waals surface area contributed by atoms with Gasteiger partial charge in [0.1, 0.15) is 17.4 Å². The zero-order valence-corrected chi connectivity index (χ0v) is 11.2. The summed E-state index contributed by atoms with van der Waals surface area (Å²) in [5.41, 5.74) is 0.00825. The minimum absolute atomic E-state index is 0.122. The van der Waals surface area contributed by atoms with Crippen LogP contribution in [0.15, 0.2) is 28.2 Å². The molecule has 20 heavy (non-hydrogen) atoms. The van der Waals surface area contributed by atoms with Crippen LogP contribution in [0.1, 0.15) is 11.1 Å². The zero-order chi connectivity index (χ0) is 14.7. The Morgan fingerprint density at radius 1 is 1.45 bits per heavy atom. The summed E-state index contributed by atoms with van der Waals surface area (Å²) in [6.45, 7) is 0. The molecule has 1 aromatic heterocycles. The fraction of sp³-hybridized carbons (Fsp3) is 0.0714. The predicted octanol–water partition coefficient (Wildman–Crippen LogP) is 2.15. The van der Waals surface area contributed by atoms with E-state index in [4.69, 9.17) is 11.7 Å². The highest BCUT2D eigenvalue weighted by atomic mass is 32.2. The van der Waals surface area contributed by atoms with Gasteiger partial charge in [0.2, 0.25) is 0 Å². The van der Waals surface area contributed by atoms with Gasteiger partial charge in [-0.1, -0.05) is 17.7 Å². The lowest BCUT2D eigenvalue weighted by Crippen LogP contribution is -2.14. The number of nitriles is 1. The molecule has 0 saturated carbocycles. The summed E-state index contributed by atoms with van der Waals surface area (Å²) in [5, 5.41) is 9.41. The summed E-state index contributed by atoms with van der Waals surface area (Å²) >= 11 is 1.21. The van der Waals surface area contributed by atoms with Gasteiger partial charge in [-0.05, 0) is 24.5 Å². The first-order valence-corrected chi connectivity index (χ1v) is 6.67. The number of nitrogens with zero attached hydrogens (tertiary/aromatic N) is 2. The molecule has 0 amide bonds. The van der Waals surface area contributed by atoms with Crippen LogP contribution in [0.2, 0.25) is 0 Å². The second kappa shape index (κ2) is 5.60. The van der Waals surface area contributed by atoms with Gasteiger partial charge in [0, 0.05) is 11.1 Å². The quantitative estimate of drug-likeness (QED) is 0.521.